The highest BCUT2D eigenvalue weighted by Gasteiger charge is 2.34. The minimum atomic E-state index is -0.176. The highest BCUT2D eigenvalue weighted by Crippen LogP contribution is 2.23. The molecule has 2 atom stereocenters. The second-order valence-electron chi connectivity index (χ2n) is 7.99. The molecule has 2 fully saturated rings. The number of rotatable bonds is 4. The van der Waals surface area contributed by atoms with Crippen LogP contribution in [0.3, 0.4) is 0 Å². The van der Waals surface area contributed by atoms with Gasteiger partial charge in [-0.1, -0.05) is 41.9 Å². The molecule has 1 amide bonds. The van der Waals surface area contributed by atoms with E-state index < -0.39 is 0 Å². The third-order valence-electron chi connectivity index (χ3n) is 5.94. The Hall–Kier alpha value is -2.45. The van der Waals surface area contributed by atoms with Gasteiger partial charge in [-0.2, -0.15) is 0 Å². The van der Waals surface area contributed by atoms with Crippen molar-refractivity contribution < 1.29 is 4.79 Å². The van der Waals surface area contributed by atoms with Crippen molar-refractivity contribution in [1.82, 2.24) is 30.0 Å². The minimum absolute atomic E-state index is 0.171. The summed E-state index contributed by atoms with van der Waals surface area (Å²) in [6, 6.07) is 14.0. The summed E-state index contributed by atoms with van der Waals surface area (Å²) in [7, 11) is 0. The molecule has 0 spiro atoms. The Morgan fingerprint density at radius 2 is 1.83 bits per heavy atom. The summed E-state index contributed by atoms with van der Waals surface area (Å²) in [5, 5.41) is 0.697. The van der Waals surface area contributed by atoms with E-state index in [2.05, 4.69) is 32.9 Å². The second kappa shape index (κ2) is 8.35. The summed E-state index contributed by atoms with van der Waals surface area (Å²) in [4.78, 5) is 22.0. The van der Waals surface area contributed by atoms with E-state index in [0.29, 0.717) is 5.02 Å². The van der Waals surface area contributed by atoms with Crippen LogP contribution in [-0.4, -0.2) is 57.3 Å². The molecule has 0 saturated carbocycles. The van der Waals surface area contributed by atoms with E-state index in [4.69, 9.17) is 11.6 Å². The van der Waals surface area contributed by atoms with Gasteiger partial charge in [-0.05, 0) is 24.1 Å². The van der Waals surface area contributed by atoms with Gasteiger partial charge in [0.25, 0.3) is 0 Å². The summed E-state index contributed by atoms with van der Waals surface area (Å²) < 4.78 is 1.96. The highest BCUT2D eigenvalue weighted by atomic mass is 35.5. The molecular weight excluding hydrogens is 400 g/mol. The van der Waals surface area contributed by atoms with Gasteiger partial charge in [-0.15, -0.1) is 0 Å². The summed E-state index contributed by atoms with van der Waals surface area (Å²) in [6.45, 7) is 3.96. The molecule has 3 aromatic rings. The van der Waals surface area contributed by atoms with Crippen molar-refractivity contribution >= 4 is 23.2 Å². The average Bonchev–Trinajstić information content (AvgIpc) is 3.41. The molecule has 2 aliphatic rings. The lowest BCUT2D eigenvalue weighted by Crippen LogP contribution is -2.53. The highest BCUT2D eigenvalue weighted by molar-refractivity contribution is 6.30. The number of hydrogen-bond donors (Lipinski definition) is 2. The first-order chi connectivity index (χ1) is 14.7. The van der Waals surface area contributed by atoms with Crippen LogP contribution >= 0.6 is 11.6 Å². The predicted octanol–water partition coefficient (Wildman–Crippen LogP) is 2.24. The van der Waals surface area contributed by atoms with Crippen LogP contribution in [0, 0.1) is 0 Å². The van der Waals surface area contributed by atoms with E-state index in [-0.39, 0.29) is 18.0 Å². The van der Waals surface area contributed by atoms with Gasteiger partial charge in [-0.3, -0.25) is 9.69 Å². The SMILES string of the molecule is O=C(C1CC(c2ccccc2)NN1)N1CCN(Cc2cn3cc(Cl)ccc3n2)CC1. The zero-order valence-electron chi connectivity index (χ0n) is 16.7. The van der Waals surface area contributed by atoms with Gasteiger partial charge in [0.05, 0.1) is 10.7 Å². The normalized spacial score (nSPS) is 22.6. The van der Waals surface area contributed by atoms with Gasteiger partial charge in [0, 0.05) is 51.2 Å². The number of nitrogens with zero attached hydrogens (tertiary/aromatic N) is 4. The van der Waals surface area contributed by atoms with E-state index >= 15 is 0 Å². The zero-order valence-corrected chi connectivity index (χ0v) is 17.4. The van der Waals surface area contributed by atoms with Crippen molar-refractivity contribution in [3.8, 4) is 0 Å². The number of fused-ring (bicyclic) bond motifs is 1. The van der Waals surface area contributed by atoms with Gasteiger partial charge in [0.15, 0.2) is 0 Å². The molecule has 2 aliphatic heterocycles. The van der Waals surface area contributed by atoms with E-state index in [9.17, 15) is 4.79 Å². The molecule has 0 aliphatic carbocycles. The number of nitrogens with one attached hydrogen (secondary N) is 2. The third-order valence-corrected chi connectivity index (χ3v) is 6.16. The van der Waals surface area contributed by atoms with Crippen molar-refractivity contribution in [2.75, 3.05) is 26.2 Å². The molecule has 2 N–H and O–H groups in total. The first kappa shape index (κ1) is 19.5. The molecular formula is C22H25ClN6O. The molecule has 30 heavy (non-hydrogen) atoms. The fraction of sp³-hybridized carbons (Fsp3) is 0.364. The van der Waals surface area contributed by atoms with Crippen LogP contribution in [0.2, 0.25) is 5.02 Å². The smallest absolute Gasteiger partial charge is 0.241 e. The maximum atomic E-state index is 13.0. The molecule has 8 heteroatoms. The van der Waals surface area contributed by atoms with Crippen molar-refractivity contribution in [3.63, 3.8) is 0 Å². The number of carbonyl (C=O) groups is 1. The lowest BCUT2D eigenvalue weighted by Gasteiger charge is -2.35. The van der Waals surface area contributed by atoms with Crippen molar-refractivity contribution in [3.05, 3.63) is 71.1 Å². The second-order valence-corrected chi connectivity index (χ2v) is 8.42. The Morgan fingerprint density at radius 3 is 2.63 bits per heavy atom. The molecule has 0 bridgehead atoms. The monoisotopic (exact) mass is 424 g/mol. The maximum absolute atomic E-state index is 13.0. The summed E-state index contributed by atoms with van der Waals surface area (Å²) in [5.41, 5.74) is 9.59. The zero-order chi connectivity index (χ0) is 20.5. The van der Waals surface area contributed by atoms with Crippen LogP contribution in [0.5, 0.6) is 0 Å². The molecule has 4 heterocycles. The Labute approximate surface area is 180 Å². The van der Waals surface area contributed by atoms with Crippen molar-refractivity contribution in [1.29, 1.82) is 0 Å². The molecule has 0 radical (unpaired) electrons. The predicted molar refractivity (Wildman–Crippen MR) is 116 cm³/mol. The lowest BCUT2D eigenvalue weighted by molar-refractivity contribution is -0.135. The molecule has 2 aromatic heterocycles. The Bertz CT molecular complexity index is 1030. The number of pyridine rings is 1. The van der Waals surface area contributed by atoms with Gasteiger partial charge in [-0.25, -0.2) is 15.8 Å². The molecule has 7 nitrogen and oxygen atoms in total. The number of halogens is 1. The largest absolute Gasteiger partial charge is 0.339 e. The van der Waals surface area contributed by atoms with Crippen LogP contribution in [0.4, 0.5) is 0 Å². The average molecular weight is 425 g/mol. The quantitative estimate of drug-likeness (QED) is 0.672. The van der Waals surface area contributed by atoms with Crippen molar-refractivity contribution in [2.45, 2.75) is 25.0 Å². The van der Waals surface area contributed by atoms with Crippen LogP contribution in [0.15, 0.2) is 54.9 Å². The van der Waals surface area contributed by atoms with E-state index in [1.54, 1.807) is 0 Å². The molecule has 156 valence electrons. The number of benzene rings is 1. The topological polar surface area (TPSA) is 64.9 Å². The Balaban J connectivity index is 1.14. The van der Waals surface area contributed by atoms with Crippen molar-refractivity contribution in [2.24, 2.45) is 0 Å². The third kappa shape index (κ3) is 4.06. The van der Waals surface area contributed by atoms with Gasteiger partial charge in [0.2, 0.25) is 5.91 Å². The number of piperazine rings is 1. The maximum Gasteiger partial charge on any atom is 0.241 e. The van der Waals surface area contributed by atoms with Crippen LogP contribution in [-0.2, 0) is 11.3 Å². The number of aromatic nitrogens is 2. The van der Waals surface area contributed by atoms with E-state index in [1.165, 1.54) is 5.56 Å². The number of imidazole rings is 1. The number of hydrazine groups is 1. The molecule has 2 unspecified atom stereocenters. The van der Waals surface area contributed by atoms with Crippen LogP contribution < -0.4 is 10.9 Å². The van der Waals surface area contributed by atoms with Crippen LogP contribution in [0.25, 0.3) is 5.65 Å². The first-order valence-corrected chi connectivity index (χ1v) is 10.7. The van der Waals surface area contributed by atoms with E-state index in [0.717, 1.165) is 50.5 Å². The summed E-state index contributed by atoms with van der Waals surface area (Å²) in [6.07, 6.45) is 4.67. The molecule has 1 aromatic carbocycles. The standard InChI is InChI=1S/C22H25ClN6O/c23-17-6-7-21-24-18(15-29(21)13-17)14-27-8-10-28(11-9-27)22(30)20-12-19(25-26-20)16-4-2-1-3-5-16/h1-7,13,15,19-20,25-26H,8-12,14H2. The summed E-state index contributed by atoms with van der Waals surface area (Å²) in [5.74, 6) is 0.183. The summed E-state index contributed by atoms with van der Waals surface area (Å²) >= 11 is 6.06. The van der Waals surface area contributed by atoms with E-state index in [1.807, 2.05) is 52.0 Å². The van der Waals surface area contributed by atoms with Gasteiger partial charge >= 0.3 is 0 Å². The first-order valence-electron chi connectivity index (χ1n) is 10.4. The number of hydrogen-bond acceptors (Lipinski definition) is 5. The Kier molecular flexibility index (Phi) is 5.43. The number of carbonyl (C=O) groups excluding carboxylic acids is 1. The molecule has 2 saturated heterocycles. The Morgan fingerprint density at radius 1 is 1.03 bits per heavy atom. The van der Waals surface area contributed by atoms with Crippen LogP contribution in [0.1, 0.15) is 23.7 Å². The van der Waals surface area contributed by atoms with Gasteiger partial charge < -0.3 is 9.30 Å². The lowest BCUT2D eigenvalue weighted by atomic mass is 10.0. The number of amides is 1. The fourth-order valence-electron chi connectivity index (χ4n) is 4.29. The minimum Gasteiger partial charge on any atom is -0.339 e. The fourth-order valence-corrected chi connectivity index (χ4v) is 4.46. The van der Waals surface area contributed by atoms with Gasteiger partial charge in [0.1, 0.15) is 11.7 Å². The molecule has 5 rings (SSSR count).